The van der Waals surface area contributed by atoms with Gasteiger partial charge in [0.2, 0.25) is 0 Å². The second-order valence-electron chi connectivity index (χ2n) is 7.68. The molecule has 140 valence electrons. The molecule has 3 aliphatic carbocycles. The molecule has 3 aliphatic rings. The zero-order chi connectivity index (χ0) is 19.3. The van der Waals surface area contributed by atoms with Gasteiger partial charge in [-0.2, -0.15) is 0 Å². The summed E-state index contributed by atoms with van der Waals surface area (Å²) in [6.45, 7) is 2.07. The van der Waals surface area contributed by atoms with Crippen molar-refractivity contribution in [3.8, 4) is 11.5 Å². The molecule has 3 nitrogen and oxygen atoms in total. The zero-order valence-corrected chi connectivity index (χ0v) is 15.8. The van der Waals surface area contributed by atoms with Crippen LogP contribution in [0.4, 0.5) is 0 Å². The van der Waals surface area contributed by atoms with Crippen molar-refractivity contribution in [2.75, 3.05) is 0 Å². The first-order valence-electron chi connectivity index (χ1n) is 9.93. The van der Waals surface area contributed by atoms with E-state index in [4.69, 9.17) is 4.74 Å². The van der Waals surface area contributed by atoms with Crippen LogP contribution in [0.15, 0.2) is 60.7 Å². The number of phenols is 1. The van der Waals surface area contributed by atoms with Crippen molar-refractivity contribution < 1.29 is 14.6 Å². The molecular weight excluding hydrogens is 348 g/mol. The van der Waals surface area contributed by atoms with Crippen LogP contribution >= 0.6 is 0 Å². The smallest absolute Gasteiger partial charge is 0.311 e. The minimum atomic E-state index is -0.173. The summed E-state index contributed by atoms with van der Waals surface area (Å²) in [5, 5.41) is 10.1. The second-order valence-corrected chi connectivity index (χ2v) is 7.68. The topological polar surface area (TPSA) is 46.5 Å². The largest absolute Gasteiger partial charge is 0.508 e. The maximum absolute atomic E-state index is 12.1. The van der Waals surface area contributed by atoms with Crippen molar-refractivity contribution in [1.82, 2.24) is 0 Å². The first kappa shape index (κ1) is 17.1. The normalized spacial score (nSPS) is 18.2. The van der Waals surface area contributed by atoms with Crippen molar-refractivity contribution in [2.45, 2.75) is 38.0 Å². The minimum Gasteiger partial charge on any atom is -0.508 e. The molecule has 3 heteroatoms. The van der Waals surface area contributed by atoms with E-state index in [2.05, 4.69) is 37.3 Å². The van der Waals surface area contributed by atoms with E-state index in [1.807, 2.05) is 24.3 Å². The fourth-order valence-corrected chi connectivity index (χ4v) is 4.75. The first-order chi connectivity index (χ1) is 13.7. The number of benzene rings is 3. The summed E-state index contributed by atoms with van der Waals surface area (Å²) in [6.07, 6.45) is 2.27. The molecule has 0 spiro atoms. The Kier molecular flexibility index (Phi) is 3.97. The Bertz CT molecular complexity index is 1080. The number of aromatic hydroxyl groups is 1. The average molecular weight is 370 g/mol. The number of phenolic OH excluding ortho intramolecular Hbond substituents is 1. The fraction of sp³-hybridized carbons (Fsp3) is 0.240. The molecule has 0 heterocycles. The van der Waals surface area contributed by atoms with Crippen molar-refractivity contribution in [3.63, 3.8) is 0 Å². The van der Waals surface area contributed by atoms with Crippen molar-refractivity contribution in [2.24, 2.45) is 0 Å². The standard InChI is InChI=1S/C25H22O3/c1-2-3-8-23(27)28-16-10-12-20-22(14-16)25-18-7-5-4-6-17(18)24(20)21-13-15(26)9-11-19(21)25/h4-7,9-14,24-26H,2-3,8H2,1H3. The molecule has 0 radical (unpaired) electrons. The number of ether oxygens (including phenoxy) is 1. The highest BCUT2D eigenvalue weighted by Crippen LogP contribution is 2.56. The Hall–Kier alpha value is -3.07. The molecule has 0 saturated carbocycles. The summed E-state index contributed by atoms with van der Waals surface area (Å²) >= 11 is 0. The summed E-state index contributed by atoms with van der Waals surface area (Å²) in [7, 11) is 0. The Balaban J connectivity index is 1.61. The summed E-state index contributed by atoms with van der Waals surface area (Å²) < 4.78 is 5.61. The SMILES string of the molecule is CCCCC(=O)Oc1ccc2c(c1)C1c3ccccc3C2c2cc(O)ccc21. The van der Waals surface area contributed by atoms with E-state index in [0.717, 1.165) is 12.8 Å². The van der Waals surface area contributed by atoms with Crippen LogP contribution in [0.25, 0.3) is 0 Å². The van der Waals surface area contributed by atoms with Gasteiger partial charge in [-0.05, 0) is 64.1 Å². The maximum atomic E-state index is 12.1. The van der Waals surface area contributed by atoms with Crippen LogP contribution in [0, 0.1) is 0 Å². The van der Waals surface area contributed by atoms with E-state index < -0.39 is 0 Å². The molecule has 2 unspecified atom stereocenters. The lowest BCUT2D eigenvalue weighted by atomic mass is 9.61. The van der Waals surface area contributed by atoms with Crippen LogP contribution in [0.3, 0.4) is 0 Å². The molecule has 6 rings (SSSR count). The Labute approximate surface area is 164 Å². The van der Waals surface area contributed by atoms with Gasteiger partial charge in [-0.3, -0.25) is 4.79 Å². The second kappa shape index (κ2) is 6.52. The summed E-state index contributed by atoms with van der Waals surface area (Å²) in [4.78, 5) is 12.1. The van der Waals surface area contributed by atoms with E-state index in [0.29, 0.717) is 17.9 Å². The number of rotatable bonds is 4. The highest BCUT2D eigenvalue weighted by molar-refractivity contribution is 5.74. The number of esters is 1. The van der Waals surface area contributed by atoms with E-state index >= 15 is 0 Å². The number of hydrogen-bond acceptors (Lipinski definition) is 3. The number of unbranched alkanes of at least 4 members (excludes halogenated alkanes) is 1. The van der Waals surface area contributed by atoms with Gasteiger partial charge in [0.15, 0.2) is 0 Å². The Morgan fingerprint density at radius 1 is 0.857 bits per heavy atom. The fourth-order valence-electron chi connectivity index (χ4n) is 4.75. The van der Waals surface area contributed by atoms with E-state index in [9.17, 15) is 9.90 Å². The van der Waals surface area contributed by atoms with E-state index in [1.165, 1.54) is 33.4 Å². The van der Waals surface area contributed by atoms with Gasteiger partial charge in [0.25, 0.3) is 0 Å². The van der Waals surface area contributed by atoms with Gasteiger partial charge >= 0.3 is 5.97 Å². The lowest BCUT2D eigenvalue weighted by Gasteiger charge is -2.42. The lowest BCUT2D eigenvalue weighted by molar-refractivity contribution is -0.134. The highest BCUT2D eigenvalue weighted by Gasteiger charge is 2.41. The van der Waals surface area contributed by atoms with Crippen LogP contribution < -0.4 is 4.74 Å². The van der Waals surface area contributed by atoms with Gasteiger partial charge in [0.1, 0.15) is 11.5 Å². The summed E-state index contributed by atoms with van der Waals surface area (Å²) in [5.41, 5.74) is 7.42. The molecule has 2 bridgehead atoms. The molecular formula is C25H22O3. The molecule has 28 heavy (non-hydrogen) atoms. The van der Waals surface area contributed by atoms with Crippen LogP contribution in [-0.2, 0) is 4.79 Å². The van der Waals surface area contributed by atoms with Gasteiger partial charge in [0.05, 0.1) is 0 Å². The van der Waals surface area contributed by atoms with E-state index in [1.54, 1.807) is 6.07 Å². The number of hydrogen-bond donors (Lipinski definition) is 1. The van der Waals surface area contributed by atoms with Gasteiger partial charge in [-0.25, -0.2) is 0 Å². The third-order valence-corrected chi connectivity index (χ3v) is 5.96. The molecule has 0 fully saturated rings. The third kappa shape index (κ3) is 2.54. The predicted molar refractivity (Wildman–Crippen MR) is 108 cm³/mol. The highest BCUT2D eigenvalue weighted by atomic mass is 16.5. The van der Waals surface area contributed by atoms with Gasteiger partial charge < -0.3 is 9.84 Å². The number of carbonyl (C=O) groups excluding carboxylic acids is 1. The third-order valence-electron chi connectivity index (χ3n) is 5.96. The molecule has 0 aromatic heterocycles. The quantitative estimate of drug-likeness (QED) is 0.337. The Morgan fingerprint density at radius 2 is 1.46 bits per heavy atom. The lowest BCUT2D eigenvalue weighted by Crippen LogP contribution is -2.27. The van der Waals surface area contributed by atoms with Crippen LogP contribution in [-0.4, -0.2) is 11.1 Å². The summed E-state index contributed by atoms with van der Waals surface area (Å²) in [6, 6.07) is 20.2. The monoisotopic (exact) mass is 370 g/mol. The Morgan fingerprint density at radius 3 is 2.14 bits per heavy atom. The van der Waals surface area contributed by atoms with Crippen molar-refractivity contribution in [3.05, 3.63) is 94.0 Å². The van der Waals surface area contributed by atoms with Crippen LogP contribution in [0.5, 0.6) is 11.5 Å². The maximum Gasteiger partial charge on any atom is 0.311 e. The van der Waals surface area contributed by atoms with Crippen LogP contribution in [0.2, 0.25) is 0 Å². The predicted octanol–water partition coefficient (Wildman–Crippen LogP) is 5.48. The van der Waals surface area contributed by atoms with Gasteiger partial charge in [0, 0.05) is 18.3 Å². The van der Waals surface area contributed by atoms with Crippen molar-refractivity contribution in [1.29, 1.82) is 0 Å². The van der Waals surface area contributed by atoms with Crippen molar-refractivity contribution >= 4 is 5.97 Å². The molecule has 0 amide bonds. The molecule has 0 saturated heterocycles. The zero-order valence-electron chi connectivity index (χ0n) is 15.8. The van der Waals surface area contributed by atoms with Gasteiger partial charge in [-0.15, -0.1) is 0 Å². The minimum absolute atomic E-state index is 0.0982. The molecule has 1 N–H and O–H groups in total. The molecule has 2 atom stereocenters. The van der Waals surface area contributed by atoms with Gasteiger partial charge in [-0.1, -0.05) is 49.7 Å². The van der Waals surface area contributed by atoms with Crippen LogP contribution in [0.1, 0.15) is 71.4 Å². The molecule has 3 aromatic carbocycles. The first-order valence-corrected chi connectivity index (χ1v) is 9.93. The average Bonchev–Trinajstić information content (AvgIpc) is 2.71. The molecule has 3 aromatic rings. The summed E-state index contributed by atoms with van der Waals surface area (Å²) in [5.74, 6) is 0.940. The number of carbonyl (C=O) groups is 1. The molecule has 0 aliphatic heterocycles. The van der Waals surface area contributed by atoms with E-state index in [-0.39, 0.29) is 17.8 Å².